The number of aromatic amines is 1. The molecule has 3 aromatic heterocycles. The molecule has 5 aromatic rings. The number of H-pyrrole nitrogens is 1. The summed E-state index contributed by atoms with van der Waals surface area (Å²) in [6, 6.07) is 7.60. The van der Waals surface area contributed by atoms with Crippen LogP contribution >= 0.6 is 0 Å². The average Bonchev–Trinajstić information content (AvgIpc) is 3.48. The van der Waals surface area contributed by atoms with Gasteiger partial charge in [0.15, 0.2) is 34.6 Å². The Hall–Kier alpha value is -7.32. The van der Waals surface area contributed by atoms with Crippen LogP contribution in [0.1, 0.15) is 24.0 Å². The van der Waals surface area contributed by atoms with Gasteiger partial charge in [-0.1, -0.05) is 12.1 Å². The number of nitrogens with one attached hydrogen (secondary N) is 1. The Bertz CT molecular complexity index is 2450. The summed E-state index contributed by atoms with van der Waals surface area (Å²) in [7, 11) is 0. The van der Waals surface area contributed by atoms with Crippen LogP contribution < -0.4 is 41.0 Å². The van der Waals surface area contributed by atoms with Crippen molar-refractivity contribution in [1.29, 1.82) is 0 Å². The topological polar surface area (TPSA) is 251 Å². The van der Waals surface area contributed by atoms with Crippen LogP contribution in [0.15, 0.2) is 65.0 Å². The van der Waals surface area contributed by atoms with Crippen LogP contribution in [0.5, 0.6) is 23.5 Å². The standard InChI is InChI=1S/C35H32F2N10O9/c36-22-8-6-21-15-24(22)52-10-1-2-11-54-32-42-29(39)27(47(50)51)31(44-32)46(17-21)35(49)55-12-3-4-19-9-13-53-25-14-20(5-7-23(25)37)16-45-30-26(40-34(45)48)28(38)41-33(43-30)56-18-19/h1-2,5-9,14-15H,3-4,10-13,16-18H2,(H,40,48)(H2,38,41,43)(H2,39,42,44)/b2-1-,19-9-. The lowest BCUT2D eigenvalue weighted by Gasteiger charge is -2.22. The van der Waals surface area contributed by atoms with E-state index >= 15 is 0 Å². The second kappa shape index (κ2) is 16.0. The Morgan fingerprint density at radius 3 is 2.29 bits per heavy atom. The number of carbonyl (C=O) groups excluding carboxylic acids is 1. The Labute approximate surface area is 314 Å². The van der Waals surface area contributed by atoms with Crippen molar-refractivity contribution in [2.75, 3.05) is 49.4 Å². The number of rotatable bonds is 5. The van der Waals surface area contributed by atoms with E-state index in [9.17, 15) is 28.5 Å². The van der Waals surface area contributed by atoms with Gasteiger partial charge in [-0.25, -0.2) is 18.4 Å². The predicted molar refractivity (Wildman–Crippen MR) is 194 cm³/mol. The predicted octanol–water partition coefficient (Wildman–Crippen LogP) is 3.96. The molecule has 56 heavy (non-hydrogen) atoms. The van der Waals surface area contributed by atoms with Crippen molar-refractivity contribution in [1.82, 2.24) is 29.5 Å². The zero-order chi connectivity index (χ0) is 39.3. The summed E-state index contributed by atoms with van der Waals surface area (Å²) < 4.78 is 58.7. The van der Waals surface area contributed by atoms with Crippen molar-refractivity contribution in [3.8, 4) is 23.5 Å². The number of aromatic nitrogens is 6. The minimum absolute atomic E-state index is 0.00679. The highest BCUT2D eigenvalue weighted by atomic mass is 19.1. The van der Waals surface area contributed by atoms with Crippen LogP contribution in [0.25, 0.3) is 11.2 Å². The summed E-state index contributed by atoms with van der Waals surface area (Å²) in [4.78, 5) is 57.9. The molecule has 2 aliphatic rings. The van der Waals surface area contributed by atoms with Gasteiger partial charge in [-0.2, -0.15) is 19.9 Å². The third-order valence-electron chi connectivity index (χ3n) is 8.51. The number of hydrogen-bond donors (Lipinski definition) is 3. The summed E-state index contributed by atoms with van der Waals surface area (Å²) in [5, 5.41) is 12.2. The monoisotopic (exact) mass is 774 g/mol. The first-order valence-electron chi connectivity index (χ1n) is 17.0. The number of carbonyl (C=O) groups is 1. The normalized spacial score (nSPS) is 15.8. The fourth-order valence-electron chi connectivity index (χ4n) is 5.79. The molecule has 2 aliphatic heterocycles. The fourth-order valence-corrected chi connectivity index (χ4v) is 5.79. The lowest BCUT2D eigenvalue weighted by Crippen LogP contribution is -2.33. The maximum atomic E-state index is 14.7. The highest BCUT2D eigenvalue weighted by Crippen LogP contribution is 2.35. The van der Waals surface area contributed by atoms with Crippen LogP contribution in [0.3, 0.4) is 0 Å². The van der Waals surface area contributed by atoms with Crippen LogP contribution in [0.2, 0.25) is 0 Å². The summed E-state index contributed by atoms with van der Waals surface area (Å²) in [5.41, 5.74) is 12.6. The van der Waals surface area contributed by atoms with Crippen molar-refractivity contribution >= 4 is 40.4 Å². The van der Waals surface area contributed by atoms with E-state index in [4.69, 9.17) is 35.2 Å². The number of ether oxygens (including phenoxy) is 5. The summed E-state index contributed by atoms with van der Waals surface area (Å²) >= 11 is 0. The van der Waals surface area contributed by atoms with Gasteiger partial charge >= 0.3 is 29.5 Å². The van der Waals surface area contributed by atoms with E-state index < -0.39 is 45.7 Å². The Balaban J connectivity index is 1.12. The molecular weight excluding hydrogens is 742 g/mol. The van der Waals surface area contributed by atoms with Gasteiger partial charge in [-0.3, -0.25) is 19.6 Å². The first-order chi connectivity index (χ1) is 27.0. The molecule has 0 spiro atoms. The molecule has 0 aliphatic carbocycles. The number of nitro groups is 1. The number of nitrogens with two attached hydrogens (primary N) is 2. The molecule has 0 fully saturated rings. The van der Waals surface area contributed by atoms with E-state index in [-0.39, 0.29) is 99.5 Å². The number of benzene rings is 2. The maximum Gasteiger partial charge on any atom is 0.415 e. The number of nitrogens with zero attached hydrogens (tertiary/aromatic N) is 7. The Morgan fingerprint density at radius 1 is 0.893 bits per heavy atom. The second-order valence-electron chi connectivity index (χ2n) is 12.3. The van der Waals surface area contributed by atoms with Crippen LogP contribution in [-0.2, 0) is 17.8 Å². The third-order valence-corrected chi connectivity index (χ3v) is 8.51. The molecule has 1 amide bonds. The van der Waals surface area contributed by atoms with E-state index in [1.54, 1.807) is 12.2 Å². The van der Waals surface area contributed by atoms with Gasteiger partial charge in [0, 0.05) is 0 Å². The molecule has 0 unspecified atom stereocenters. The number of halogens is 2. The molecule has 5 N–H and O–H groups in total. The SMILES string of the molecule is Nc1nc2nc(c1[N+](=O)[O-])N(C(=O)OCCC/C1=C/COc3cc(ccc3F)Cn3c(=O)[nH]c4c(N)nc(nc43)OC1)Cc1ccc(F)c(c1)OC/C=C\CO2. The average molecular weight is 775 g/mol. The van der Waals surface area contributed by atoms with Crippen LogP contribution in [0, 0.1) is 21.7 Å². The molecular formula is C35H32F2N10O9. The minimum Gasteiger partial charge on any atom is -0.486 e. The summed E-state index contributed by atoms with van der Waals surface area (Å²) in [6.45, 7) is -0.828. The zero-order valence-corrected chi connectivity index (χ0v) is 29.3. The number of hydrogen-bond acceptors (Lipinski definition) is 15. The first-order valence-corrected chi connectivity index (χ1v) is 17.0. The quantitative estimate of drug-likeness (QED) is 0.0989. The van der Waals surface area contributed by atoms with Crippen LogP contribution in [0.4, 0.5) is 36.7 Å². The maximum absolute atomic E-state index is 14.7. The van der Waals surface area contributed by atoms with E-state index in [0.29, 0.717) is 16.7 Å². The largest absolute Gasteiger partial charge is 0.486 e. The summed E-state index contributed by atoms with van der Waals surface area (Å²) in [5.74, 6) is -2.55. The molecule has 0 saturated carbocycles. The molecule has 21 heteroatoms. The smallest absolute Gasteiger partial charge is 0.415 e. The molecule has 290 valence electrons. The van der Waals surface area contributed by atoms with Crippen LogP contribution in [-0.4, -0.2) is 73.5 Å². The highest BCUT2D eigenvalue weighted by molar-refractivity contribution is 5.91. The number of amides is 1. The molecule has 0 atom stereocenters. The molecule has 7 rings (SSSR count). The van der Waals surface area contributed by atoms with Gasteiger partial charge < -0.3 is 40.1 Å². The Kier molecular flexibility index (Phi) is 10.5. The van der Waals surface area contributed by atoms with Crippen molar-refractivity contribution in [2.24, 2.45) is 0 Å². The minimum atomic E-state index is -1.06. The third kappa shape index (κ3) is 8.10. The molecule has 2 aromatic carbocycles. The zero-order valence-electron chi connectivity index (χ0n) is 29.3. The lowest BCUT2D eigenvalue weighted by molar-refractivity contribution is -0.383. The number of fused-ring (bicyclic) bond motifs is 7. The second-order valence-corrected chi connectivity index (χ2v) is 12.3. The van der Waals surface area contributed by atoms with E-state index in [1.807, 2.05) is 0 Å². The molecule has 5 heterocycles. The molecule has 8 bridgehead atoms. The highest BCUT2D eigenvalue weighted by Gasteiger charge is 2.33. The molecule has 0 saturated heterocycles. The molecule has 19 nitrogen and oxygen atoms in total. The van der Waals surface area contributed by atoms with Gasteiger partial charge in [0.2, 0.25) is 11.6 Å². The number of nitrogen functional groups attached to an aromatic ring is 2. The van der Waals surface area contributed by atoms with Crippen molar-refractivity contribution in [3.63, 3.8) is 0 Å². The van der Waals surface area contributed by atoms with Gasteiger partial charge in [-0.15, -0.1) is 0 Å². The van der Waals surface area contributed by atoms with Gasteiger partial charge in [0.05, 0.1) is 24.6 Å². The van der Waals surface area contributed by atoms with Crippen molar-refractivity contribution in [2.45, 2.75) is 25.9 Å². The number of imidazole rings is 1. The van der Waals surface area contributed by atoms with Crippen molar-refractivity contribution < 1.29 is 42.2 Å². The summed E-state index contributed by atoms with van der Waals surface area (Å²) in [6.07, 6.45) is 4.15. The fraction of sp³-hybridized carbons (Fsp3) is 0.257. The number of anilines is 3. The van der Waals surface area contributed by atoms with E-state index in [2.05, 4.69) is 24.9 Å². The molecule has 0 radical (unpaired) electrons. The van der Waals surface area contributed by atoms with Crippen molar-refractivity contribution in [3.05, 3.63) is 104 Å². The van der Waals surface area contributed by atoms with E-state index in [0.717, 1.165) is 11.0 Å². The lowest BCUT2D eigenvalue weighted by atomic mass is 10.1. The van der Waals surface area contributed by atoms with Gasteiger partial charge in [0.1, 0.15) is 31.9 Å². The van der Waals surface area contributed by atoms with Gasteiger partial charge in [0.25, 0.3) is 0 Å². The van der Waals surface area contributed by atoms with Gasteiger partial charge in [-0.05, 0) is 72.0 Å². The van der Waals surface area contributed by atoms with E-state index in [1.165, 1.54) is 41.0 Å². The Morgan fingerprint density at radius 2 is 1.55 bits per heavy atom. The first kappa shape index (κ1) is 37.0.